The molecule has 0 amide bonds. The van der Waals surface area contributed by atoms with Crippen molar-refractivity contribution in [3.8, 4) is 17.6 Å². The Morgan fingerprint density at radius 3 is 2.42 bits per heavy atom. The maximum Gasteiger partial charge on any atom is 0.417 e. The molecule has 2 rings (SSSR count). The van der Waals surface area contributed by atoms with E-state index in [2.05, 4.69) is 0 Å². The van der Waals surface area contributed by atoms with Crippen LogP contribution in [0.1, 0.15) is 31.4 Å². The third-order valence-corrected chi connectivity index (χ3v) is 5.74. The number of nitriles is 1. The molecule has 12 heteroatoms. The van der Waals surface area contributed by atoms with Crippen molar-refractivity contribution in [1.29, 1.82) is 5.26 Å². The quantitative estimate of drug-likeness (QED) is 0.333. The van der Waals surface area contributed by atoms with Crippen LogP contribution in [0.4, 0.5) is 24.5 Å². The third kappa shape index (κ3) is 6.63. The number of anilines is 2. The first-order valence-corrected chi connectivity index (χ1v) is 11.1. The van der Waals surface area contributed by atoms with Crippen molar-refractivity contribution in [3.63, 3.8) is 0 Å². The zero-order valence-corrected chi connectivity index (χ0v) is 20.6. The summed E-state index contributed by atoms with van der Waals surface area (Å²) in [7, 11) is 1.42. The monoisotopic (exact) mass is 525 g/mol. The number of aliphatic hydroxyl groups excluding tert-OH is 2. The van der Waals surface area contributed by atoms with Crippen LogP contribution in [0.25, 0.3) is 0 Å². The molecule has 0 heterocycles. The molecular weight excluding hydrogens is 499 g/mol. The second kappa shape index (κ2) is 11.6. The molecule has 0 bridgehead atoms. The Labute approximate surface area is 211 Å². The smallest absolute Gasteiger partial charge is 0.417 e. The van der Waals surface area contributed by atoms with E-state index in [0.717, 1.165) is 12.1 Å². The predicted octanol–water partition coefficient (Wildman–Crippen LogP) is 3.61. The molecule has 0 aliphatic carbocycles. The Hall–Kier alpha value is -3.40. The van der Waals surface area contributed by atoms with Gasteiger partial charge in [0.2, 0.25) is 0 Å². The number of ether oxygens (including phenoxy) is 1. The minimum atomic E-state index is -4.77. The van der Waals surface area contributed by atoms with Crippen LogP contribution in [0.3, 0.4) is 0 Å². The molecule has 8 nitrogen and oxygen atoms in total. The lowest BCUT2D eigenvalue weighted by Gasteiger charge is -2.40. The Bertz CT molecular complexity index is 1150. The van der Waals surface area contributed by atoms with Gasteiger partial charge >= 0.3 is 6.18 Å². The van der Waals surface area contributed by atoms with Crippen LogP contribution in [0, 0.1) is 11.3 Å². The van der Waals surface area contributed by atoms with Crippen LogP contribution in [0.5, 0.6) is 11.5 Å². The van der Waals surface area contributed by atoms with Gasteiger partial charge in [0.15, 0.2) is 16.6 Å². The molecule has 2 aromatic rings. The normalized spacial score (nSPS) is 12.4. The van der Waals surface area contributed by atoms with Crippen LogP contribution in [-0.4, -0.2) is 58.6 Å². The van der Waals surface area contributed by atoms with Gasteiger partial charge in [0.05, 0.1) is 42.1 Å². The maximum atomic E-state index is 13.5. The van der Waals surface area contributed by atoms with E-state index in [1.165, 1.54) is 47.2 Å². The van der Waals surface area contributed by atoms with E-state index in [0.29, 0.717) is 12.0 Å². The number of phenolic OH excluding ortho intramolecular Hbond substituents is 1. The molecule has 0 aliphatic heterocycles. The van der Waals surface area contributed by atoms with Gasteiger partial charge in [0.25, 0.3) is 0 Å². The molecule has 0 aliphatic rings. The van der Waals surface area contributed by atoms with Gasteiger partial charge in [0.1, 0.15) is 6.29 Å². The van der Waals surface area contributed by atoms with Gasteiger partial charge in [-0.25, -0.2) is 0 Å². The Morgan fingerprint density at radius 2 is 1.86 bits per heavy atom. The molecule has 1 unspecified atom stereocenters. The fourth-order valence-electron chi connectivity index (χ4n) is 3.23. The molecule has 2 aromatic carbocycles. The second-order valence-electron chi connectivity index (χ2n) is 8.41. The molecule has 0 spiro atoms. The first-order chi connectivity index (χ1) is 16.8. The lowest BCUT2D eigenvalue weighted by molar-refractivity contribution is -0.137. The van der Waals surface area contributed by atoms with Crippen molar-refractivity contribution in [2.45, 2.75) is 38.1 Å². The van der Waals surface area contributed by atoms with E-state index in [-0.39, 0.29) is 35.3 Å². The summed E-state index contributed by atoms with van der Waals surface area (Å²) in [6, 6.07) is 8.82. The molecular formula is C24H26F3N3O5S. The number of aliphatic hydroxyl groups is 2. The average Bonchev–Trinajstić information content (AvgIpc) is 2.84. The standard InChI is InChI=1S/C24H26F3N3O5S/c1-23(2,14-32)30(17-6-7-20(34)21(11-17)35-9-8-18(33)13-31)22(36)29(3)16-5-4-15(12-28)19(10-16)24(25,26)27/h4-7,10-11,14,18,31,33-34H,8-9,13H2,1-3H3. The number of alkyl halides is 3. The number of benzene rings is 2. The van der Waals surface area contributed by atoms with Gasteiger partial charge in [-0.05, 0) is 56.4 Å². The van der Waals surface area contributed by atoms with Gasteiger partial charge in [-0.15, -0.1) is 0 Å². The molecule has 36 heavy (non-hydrogen) atoms. The zero-order chi connectivity index (χ0) is 27.3. The summed E-state index contributed by atoms with van der Waals surface area (Å²) in [5.41, 5.74) is -2.60. The van der Waals surface area contributed by atoms with Crippen molar-refractivity contribution >= 4 is 35.0 Å². The second-order valence-corrected chi connectivity index (χ2v) is 8.78. The number of rotatable bonds is 9. The summed E-state index contributed by atoms with van der Waals surface area (Å²) in [5.74, 6) is -0.227. The Balaban J connectivity index is 2.49. The molecule has 0 fully saturated rings. The van der Waals surface area contributed by atoms with E-state index >= 15 is 0 Å². The fourth-order valence-corrected chi connectivity index (χ4v) is 3.68. The number of aldehydes is 1. The van der Waals surface area contributed by atoms with Crippen LogP contribution in [-0.2, 0) is 11.0 Å². The molecule has 0 aromatic heterocycles. The Morgan fingerprint density at radius 1 is 1.22 bits per heavy atom. The lowest BCUT2D eigenvalue weighted by Crippen LogP contribution is -2.54. The van der Waals surface area contributed by atoms with Gasteiger partial charge in [-0.2, -0.15) is 18.4 Å². The van der Waals surface area contributed by atoms with Crippen LogP contribution in [0.15, 0.2) is 36.4 Å². The number of hydrogen-bond donors (Lipinski definition) is 3. The van der Waals surface area contributed by atoms with E-state index in [1.807, 2.05) is 0 Å². The van der Waals surface area contributed by atoms with E-state index < -0.39 is 35.6 Å². The summed E-state index contributed by atoms with van der Waals surface area (Å²) in [4.78, 5) is 14.6. The largest absolute Gasteiger partial charge is 0.504 e. The zero-order valence-electron chi connectivity index (χ0n) is 19.8. The number of phenols is 1. The molecule has 0 radical (unpaired) electrons. The number of nitrogens with zero attached hydrogens (tertiary/aromatic N) is 3. The number of carbonyl (C=O) groups excluding carboxylic acids is 1. The van der Waals surface area contributed by atoms with E-state index in [9.17, 15) is 28.2 Å². The first-order valence-electron chi connectivity index (χ1n) is 10.7. The minimum Gasteiger partial charge on any atom is -0.504 e. The third-order valence-electron chi connectivity index (χ3n) is 5.28. The number of thiocarbonyl (C=S) groups is 1. The summed E-state index contributed by atoms with van der Waals surface area (Å²) in [6.45, 7) is 2.60. The topological polar surface area (TPSA) is 117 Å². The van der Waals surface area contributed by atoms with Crippen molar-refractivity contribution in [2.75, 3.05) is 30.1 Å². The minimum absolute atomic E-state index is 0.00697. The highest BCUT2D eigenvalue weighted by Gasteiger charge is 2.36. The number of carbonyl (C=O) groups is 1. The van der Waals surface area contributed by atoms with Gasteiger partial charge < -0.3 is 34.7 Å². The van der Waals surface area contributed by atoms with Crippen molar-refractivity contribution in [1.82, 2.24) is 0 Å². The molecule has 0 saturated carbocycles. The number of halogens is 3. The average molecular weight is 526 g/mol. The highest BCUT2D eigenvalue weighted by Crippen LogP contribution is 2.37. The van der Waals surface area contributed by atoms with Crippen LogP contribution in [0.2, 0.25) is 0 Å². The van der Waals surface area contributed by atoms with Crippen molar-refractivity contribution in [3.05, 3.63) is 47.5 Å². The lowest BCUT2D eigenvalue weighted by atomic mass is 10.0. The van der Waals surface area contributed by atoms with E-state index in [1.54, 1.807) is 13.8 Å². The summed E-state index contributed by atoms with van der Waals surface area (Å²) in [6.07, 6.45) is -5.07. The fraction of sp³-hybridized carbons (Fsp3) is 0.375. The van der Waals surface area contributed by atoms with Crippen molar-refractivity contribution in [2.24, 2.45) is 0 Å². The van der Waals surface area contributed by atoms with Crippen LogP contribution < -0.4 is 14.5 Å². The molecule has 0 saturated heterocycles. The van der Waals surface area contributed by atoms with Gasteiger partial charge in [-0.3, -0.25) is 0 Å². The van der Waals surface area contributed by atoms with Gasteiger partial charge in [-0.1, -0.05) is 0 Å². The summed E-state index contributed by atoms with van der Waals surface area (Å²) >= 11 is 5.57. The van der Waals surface area contributed by atoms with Crippen LogP contribution >= 0.6 is 12.2 Å². The Kier molecular flexibility index (Phi) is 9.26. The molecule has 3 N–H and O–H groups in total. The predicted molar refractivity (Wildman–Crippen MR) is 131 cm³/mol. The molecule has 1 atom stereocenters. The number of hydrogen-bond acceptors (Lipinski definition) is 7. The summed E-state index contributed by atoms with van der Waals surface area (Å²) < 4.78 is 45.9. The van der Waals surface area contributed by atoms with Crippen molar-refractivity contribution < 1.29 is 38.0 Å². The summed E-state index contributed by atoms with van der Waals surface area (Å²) in [5, 5.41) is 37.6. The maximum absolute atomic E-state index is 13.5. The van der Waals surface area contributed by atoms with E-state index in [4.69, 9.17) is 27.3 Å². The van der Waals surface area contributed by atoms with Gasteiger partial charge in [0, 0.05) is 30.9 Å². The first kappa shape index (κ1) is 28.8. The SMILES string of the molecule is CN(C(=S)N(c1ccc(O)c(OCCC(O)CO)c1)C(C)(C)C=O)c1ccc(C#N)c(C(F)(F)F)c1. The number of aromatic hydroxyl groups is 1. The molecule has 194 valence electrons. The highest BCUT2D eigenvalue weighted by molar-refractivity contribution is 7.80. The highest BCUT2D eigenvalue weighted by atomic mass is 32.1.